The van der Waals surface area contributed by atoms with Crippen LogP contribution in [0.4, 0.5) is 32.3 Å². The Hall–Kier alpha value is -4.29. The summed E-state index contributed by atoms with van der Waals surface area (Å²) in [4.78, 5) is 31.8. The van der Waals surface area contributed by atoms with Crippen LogP contribution in [0.25, 0.3) is 0 Å². The summed E-state index contributed by atoms with van der Waals surface area (Å²) in [6, 6.07) is 10.6. The van der Waals surface area contributed by atoms with E-state index < -0.39 is 6.39 Å². The van der Waals surface area contributed by atoms with Crippen LogP contribution in [0.15, 0.2) is 48.9 Å². The van der Waals surface area contributed by atoms with E-state index in [0.717, 1.165) is 59.6 Å². The second kappa shape index (κ2) is 17.5. The molecule has 0 fully saturated rings. The van der Waals surface area contributed by atoms with Crippen molar-refractivity contribution in [1.29, 1.82) is 0 Å². The molecule has 2 aromatic carbocycles. The molecule has 12 nitrogen and oxygen atoms in total. The van der Waals surface area contributed by atoms with Crippen molar-refractivity contribution in [3.05, 3.63) is 54.6 Å². The summed E-state index contributed by atoms with van der Waals surface area (Å²) in [7, 11) is 19.0. The molecule has 0 unspecified atom stereocenters. The third-order valence-corrected chi connectivity index (χ3v) is 5.68. The van der Waals surface area contributed by atoms with Crippen LogP contribution in [-0.4, -0.2) is 99.1 Å². The van der Waals surface area contributed by atoms with E-state index in [4.69, 9.17) is 32.7 Å². The minimum Gasteiger partial charge on any atom is -0.490 e. The number of nitrogens with zero attached hydrogens (tertiary/aromatic N) is 2. The van der Waals surface area contributed by atoms with E-state index in [1.54, 1.807) is 26.5 Å². The van der Waals surface area contributed by atoms with Gasteiger partial charge in [-0.1, -0.05) is 7.43 Å². The predicted octanol–water partition coefficient (Wildman–Crippen LogP) is 1.53. The number of fused-ring (bicyclic) bond motifs is 2. The van der Waals surface area contributed by atoms with Gasteiger partial charge >= 0.3 is 12.1 Å². The first-order valence-electron chi connectivity index (χ1n) is 12.9. The van der Waals surface area contributed by atoms with Crippen molar-refractivity contribution in [3.63, 3.8) is 0 Å². The second-order valence-corrected chi connectivity index (χ2v) is 8.69. The van der Waals surface area contributed by atoms with Crippen molar-refractivity contribution in [1.82, 2.24) is 20.6 Å². The van der Waals surface area contributed by atoms with Crippen LogP contribution >= 0.6 is 0 Å². The number of urea groups is 2. The van der Waals surface area contributed by atoms with Gasteiger partial charge in [0, 0.05) is 74.9 Å². The molecule has 0 spiro atoms. The maximum Gasteiger partial charge on any atom is 0.318 e. The van der Waals surface area contributed by atoms with Gasteiger partial charge in [-0.3, -0.25) is 0 Å². The quantitative estimate of drug-likeness (QED) is 0.258. The number of hydrogen-bond acceptors (Lipinski definition) is 7. The predicted molar refractivity (Wildman–Crippen MR) is 174 cm³/mol. The zero-order valence-corrected chi connectivity index (χ0v) is 23.1. The summed E-state index contributed by atoms with van der Waals surface area (Å²) in [6.07, 6.45) is 3.01. The Bertz CT molecular complexity index is 1270. The molecule has 0 atom stereocenters. The van der Waals surface area contributed by atoms with E-state index in [0.29, 0.717) is 13.2 Å². The number of benzene rings is 2. The highest BCUT2D eigenvalue weighted by Gasteiger charge is 2.19. The molecule has 0 bridgehead atoms. The van der Waals surface area contributed by atoms with E-state index in [1.165, 1.54) is 7.06 Å². The first kappa shape index (κ1) is 33.9. The van der Waals surface area contributed by atoms with E-state index in [1.807, 2.05) is 36.5 Å². The number of carbonyl (C=O) groups is 2. The molecule has 3 heterocycles. The van der Waals surface area contributed by atoms with Crippen LogP contribution in [0.2, 0.25) is 0 Å². The number of aromatic nitrogens is 2. The smallest absolute Gasteiger partial charge is 0.318 e. The van der Waals surface area contributed by atoms with E-state index >= 15 is 0 Å². The fraction of sp³-hybridized carbons (Fsp3) is 0.320. The summed E-state index contributed by atoms with van der Waals surface area (Å²) < 4.78 is 11.1. The van der Waals surface area contributed by atoms with Gasteiger partial charge in [-0.05, 0) is 36.4 Å². The third kappa shape index (κ3) is 10.6. The maximum atomic E-state index is 11.4. The summed E-state index contributed by atoms with van der Waals surface area (Å²) in [5.41, 5.74) is 4.38. The summed E-state index contributed by atoms with van der Waals surface area (Å²) in [5.74, 6) is 1.65. The number of aromatic amines is 1. The van der Waals surface area contributed by atoms with Gasteiger partial charge in [0.05, 0.1) is 36.5 Å². The maximum absolute atomic E-state index is 11.4. The molecule has 0 saturated carbocycles. The SMILES string of the molecule is C.CNC(=O)Nc1ccc2c(c1)N(Cc1cnc[nH]1)CCO2.CNC(=O)Nc1ccc2c(c1)NCCO2.[B][B]B([B])[B]. The number of amides is 4. The molecule has 4 amide bonds. The lowest BCUT2D eigenvalue weighted by molar-refractivity contribution is 0.253. The van der Waals surface area contributed by atoms with Crippen molar-refractivity contribution >= 4 is 71.5 Å². The number of anilines is 4. The fourth-order valence-corrected chi connectivity index (χ4v) is 3.70. The monoisotopic (exact) mass is 565 g/mol. The van der Waals surface area contributed by atoms with Gasteiger partial charge in [0.25, 0.3) is 0 Å². The van der Waals surface area contributed by atoms with E-state index in [-0.39, 0.29) is 19.5 Å². The average molecular weight is 565 g/mol. The molecule has 2 aliphatic rings. The summed E-state index contributed by atoms with van der Waals surface area (Å²) in [6.45, 7) is 3.62. The van der Waals surface area contributed by atoms with Crippen molar-refractivity contribution in [2.75, 3.05) is 61.2 Å². The molecule has 1 aromatic heterocycles. The van der Waals surface area contributed by atoms with Crippen molar-refractivity contribution in [2.24, 2.45) is 0 Å². The van der Waals surface area contributed by atoms with Crippen molar-refractivity contribution < 1.29 is 19.1 Å². The largest absolute Gasteiger partial charge is 0.490 e. The summed E-state index contributed by atoms with van der Waals surface area (Å²) in [5, 5.41) is 13.7. The molecule has 17 heteroatoms. The van der Waals surface area contributed by atoms with Crippen LogP contribution in [0.5, 0.6) is 11.5 Å². The van der Waals surface area contributed by atoms with Crippen LogP contribution in [0.1, 0.15) is 13.1 Å². The molecule has 42 heavy (non-hydrogen) atoms. The number of carbonyl (C=O) groups excluding carboxylic acids is 2. The molecular formula is C25H34B5N8O4. The third-order valence-electron chi connectivity index (χ3n) is 5.68. The molecule has 3 aromatic rings. The Kier molecular flexibility index (Phi) is 14.1. The topological polar surface area (TPSA) is 145 Å². The highest BCUT2D eigenvalue weighted by Crippen LogP contribution is 2.35. The number of nitrogens with one attached hydrogen (secondary N) is 6. The fourth-order valence-electron chi connectivity index (χ4n) is 3.70. The van der Waals surface area contributed by atoms with E-state index in [9.17, 15) is 9.59 Å². The zero-order chi connectivity index (χ0) is 29.6. The Morgan fingerprint density at radius 3 is 2.24 bits per heavy atom. The van der Waals surface area contributed by atoms with Crippen molar-refractivity contribution in [3.8, 4) is 11.5 Å². The molecule has 7 radical (unpaired) electrons. The van der Waals surface area contributed by atoms with Crippen LogP contribution < -0.4 is 41.0 Å². The van der Waals surface area contributed by atoms with Crippen LogP contribution in [0, 0.1) is 0 Å². The molecule has 5 rings (SSSR count). The van der Waals surface area contributed by atoms with Gasteiger partial charge in [0.2, 0.25) is 0 Å². The molecule has 6 N–H and O–H groups in total. The Morgan fingerprint density at radius 2 is 1.64 bits per heavy atom. The second-order valence-electron chi connectivity index (χ2n) is 8.69. The molecule has 0 aliphatic carbocycles. The standard InChI is InChI=1S/C14H17N5O2.C10H13N3O2.CH4.B5/c1-15-14(20)18-10-2-3-13-12(6-10)19(4-5-21-13)8-11-7-16-9-17-11;1-11-10(14)13-7-2-3-9-8(6-7)12-4-5-15-9;;1-4-5(2)3/h2-3,6-7,9H,4-5,8H2,1H3,(H,16,17)(H2,15,18,20);2-3,6,12H,4-5H2,1H3,(H2,11,13,14);1H4;. The van der Waals surface area contributed by atoms with Gasteiger partial charge in [0.1, 0.15) is 24.7 Å². The lowest BCUT2D eigenvalue weighted by Gasteiger charge is -2.31. The molecule has 213 valence electrons. The number of ether oxygens (including phenoxy) is 2. The minimum atomic E-state index is -0.463. The number of rotatable bonds is 5. The highest BCUT2D eigenvalue weighted by molar-refractivity contribution is 7.60. The van der Waals surface area contributed by atoms with Gasteiger partial charge in [-0.25, -0.2) is 14.6 Å². The van der Waals surface area contributed by atoms with Gasteiger partial charge in [0.15, 0.2) is 0 Å². The first-order valence-corrected chi connectivity index (χ1v) is 12.9. The van der Waals surface area contributed by atoms with Crippen LogP contribution in [-0.2, 0) is 6.54 Å². The molecule has 0 saturated heterocycles. The number of hydrogen-bond donors (Lipinski definition) is 6. The van der Waals surface area contributed by atoms with E-state index in [2.05, 4.69) is 41.5 Å². The van der Waals surface area contributed by atoms with Gasteiger partial charge in [-0.2, -0.15) is 0 Å². The Labute approximate surface area is 252 Å². The molecule has 2 aliphatic heterocycles. The number of H-pyrrole nitrogens is 1. The minimum absolute atomic E-state index is 0. The Morgan fingerprint density at radius 1 is 1.02 bits per heavy atom. The normalized spacial score (nSPS) is 12.1. The lowest BCUT2D eigenvalue weighted by Crippen LogP contribution is -2.32. The summed E-state index contributed by atoms with van der Waals surface area (Å²) >= 11 is 0. The average Bonchev–Trinajstić information content (AvgIpc) is 3.51. The van der Waals surface area contributed by atoms with Gasteiger partial charge in [-0.15, -0.1) is 0 Å². The Balaban J connectivity index is 0.000000257. The zero-order valence-electron chi connectivity index (χ0n) is 23.1. The van der Waals surface area contributed by atoms with Gasteiger partial charge < -0.3 is 45.9 Å². The highest BCUT2D eigenvalue weighted by atomic mass is 16.5. The molecular weight excluding hydrogens is 530 g/mol. The van der Waals surface area contributed by atoms with Crippen LogP contribution in [0.3, 0.4) is 0 Å². The number of imidazole rings is 1. The lowest BCUT2D eigenvalue weighted by atomic mass is 8.97. The first-order chi connectivity index (χ1) is 19.8. The van der Waals surface area contributed by atoms with Crippen molar-refractivity contribution in [2.45, 2.75) is 14.0 Å².